The zero-order chi connectivity index (χ0) is 12.0. The fourth-order valence-electron chi connectivity index (χ4n) is 2.91. The van der Waals surface area contributed by atoms with Crippen LogP contribution in [0, 0.1) is 5.92 Å². The van der Waals surface area contributed by atoms with Crippen LogP contribution in [-0.4, -0.2) is 30.1 Å². The van der Waals surface area contributed by atoms with Crippen molar-refractivity contribution in [3.05, 3.63) is 0 Å². The molecule has 0 amide bonds. The van der Waals surface area contributed by atoms with Crippen LogP contribution in [0.2, 0.25) is 0 Å². The summed E-state index contributed by atoms with van der Waals surface area (Å²) in [4.78, 5) is 2.61. The number of likely N-dealkylation sites (N-methyl/N-ethyl adjacent to an activating group) is 1. The number of nitrogens with two attached hydrogens (primary N) is 1. The van der Waals surface area contributed by atoms with Gasteiger partial charge in [0.15, 0.2) is 0 Å². The lowest BCUT2D eigenvalue weighted by atomic mass is 9.87. The molecule has 1 unspecified atom stereocenters. The molecule has 1 atom stereocenters. The Bertz CT molecular complexity index is 181. The minimum absolute atomic E-state index is 0.214. The lowest BCUT2D eigenvalue weighted by Gasteiger charge is -2.42. The van der Waals surface area contributed by atoms with Gasteiger partial charge in [-0.3, -0.25) is 4.90 Å². The maximum Gasteiger partial charge on any atom is 0.0300 e. The summed E-state index contributed by atoms with van der Waals surface area (Å²) >= 11 is 0. The minimum atomic E-state index is 0.214. The Hall–Kier alpha value is -0.0800. The minimum Gasteiger partial charge on any atom is -0.329 e. The lowest BCUT2D eigenvalue weighted by Crippen LogP contribution is -2.52. The first-order chi connectivity index (χ1) is 7.66. The highest BCUT2D eigenvalue weighted by molar-refractivity contribution is 4.87. The zero-order valence-corrected chi connectivity index (χ0v) is 11.5. The molecule has 0 heterocycles. The summed E-state index contributed by atoms with van der Waals surface area (Å²) < 4.78 is 0. The molecule has 0 spiro atoms. The van der Waals surface area contributed by atoms with Crippen molar-refractivity contribution in [3.8, 4) is 0 Å². The van der Waals surface area contributed by atoms with Gasteiger partial charge in [0.1, 0.15) is 0 Å². The van der Waals surface area contributed by atoms with E-state index < -0.39 is 0 Å². The second kappa shape index (κ2) is 6.61. The van der Waals surface area contributed by atoms with Gasteiger partial charge in [0, 0.05) is 18.6 Å². The molecule has 1 fully saturated rings. The maximum absolute atomic E-state index is 5.96. The first-order valence-corrected chi connectivity index (χ1v) is 7.11. The summed E-state index contributed by atoms with van der Waals surface area (Å²) in [5.74, 6) is 0.922. The second-order valence-corrected chi connectivity index (χ2v) is 5.60. The van der Waals surface area contributed by atoms with Crippen molar-refractivity contribution in [1.82, 2.24) is 4.90 Å². The SMILES string of the molecule is CCN(CC1CCCCC1)C(C)(CC)CN. The molecule has 0 bridgehead atoms. The maximum atomic E-state index is 5.96. The predicted octanol–water partition coefficient (Wildman–Crippen LogP) is 3.02. The Kier molecular flexibility index (Phi) is 5.77. The van der Waals surface area contributed by atoms with E-state index in [0.717, 1.165) is 25.4 Å². The number of hydrogen-bond donors (Lipinski definition) is 1. The van der Waals surface area contributed by atoms with Crippen LogP contribution in [0.4, 0.5) is 0 Å². The first kappa shape index (κ1) is 14.0. The number of nitrogens with zero attached hydrogens (tertiary/aromatic N) is 1. The summed E-state index contributed by atoms with van der Waals surface area (Å²) in [5, 5.41) is 0. The van der Waals surface area contributed by atoms with Crippen molar-refractivity contribution in [2.24, 2.45) is 11.7 Å². The van der Waals surface area contributed by atoms with Crippen LogP contribution in [0.3, 0.4) is 0 Å². The van der Waals surface area contributed by atoms with Crippen molar-refractivity contribution >= 4 is 0 Å². The van der Waals surface area contributed by atoms with Crippen LogP contribution in [0.15, 0.2) is 0 Å². The molecule has 1 aliphatic carbocycles. The van der Waals surface area contributed by atoms with Crippen molar-refractivity contribution in [1.29, 1.82) is 0 Å². The smallest absolute Gasteiger partial charge is 0.0300 e. The van der Waals surface area contributed by atoms with E-state index in [1.165, 1.54) is 38.6 Å². The predicted molar refractivity (Wildman–Crippen MR) is 71.6 cm³/mol. The van der Waals surface area contributed by atoms with E-state index in [9.17, 15) is 0 Å². The Balaban J connectivity index is 2.52. The van der Waals surface area contributed by atoms with E-state index in [-0.39, 0.29) is 5.54 Å². The summed E-state index contributed by atoms with van der Waals surface area (Å²) in [7, 11) is 0. The average Bonchev–Trinajstić information content (AvgIpc) is 2.36. The van der Waals surface area contributed by atoms with Gasteiger partial charge in [-0.25, -0.2) is 0 Å². The molecule has 2 heteroatoms. The topological polar surface area (TPSA) is 29.3 Å². The Morgan fingerprint density at radius 1 is 1.19 bits per heavy atom. The molecule has 0 aromatic heterocycles. The molecule has 2 nitrogen and oxygen atoms in total. The van der Waals surface area contributed by atoms with Gasteiger partial charge in [0.05, 0.1) is 0 Å². The van der Waals surface area contributed by atoms with Gasteiger partial charge in [-0.2, -0.15) is 0 Å². The van der Waals surface area contributed by atoms with Crippen molar-refractivity contribution < 1.29 is 0 Å². The van der Waals surface area contributed by atoms with Crippen molar-refractivity contribution in [2.75, 3.05) is 19.6 Å². The van der Waals surface area contributed by atoms with E-state index in [1.54, 1.807) is 0 Å². The molecule has 1 rings (SSSR count). The highest BCUT2D eigenvalue weighted by Crippen LogP contribution is 2.27. The van der Waals surface area contributed by atoms with Gasteiger partial charge in [-0.15, -0.1) is 0 Å². The summed E-state index contributed by atoms with van der Waals surface area (Å²) in [6, 6.07) is 0. The van der Waals surface area contributed by atoms with Gasteiger partial charge < -0.3 is 5.73 Å². The molecule has 0 aromatic rings. The standard InChI is InChI=1S/C14H30N2/c1-4-14(3,12-15)16(5-2)11-13-9-7-6-8-10-13/h13H,4-12,15H2,1-3H3. The van der Waals surface area contributed by atoms with Gasteiger partial charge in [0.2, 0.25) is 0 Å². The van der Waals surface area contributed by atoms with Crippen LogP contribution in [0.1, 0.15) is 59.3 Å². The number of rotatable bonds is 6. The molecule has 96 valence electrons. The van der Waals surface area contributed by atoms with Crippen LogP contribution >= 0.6 is 0 Å². The molecule has 16 heavy (non-hydrogen) atoms. The fraction of sp³-hybridized carbons (Fsp3) is 1.00. The normalized spacial score (nSPS) is 22.3. The molecule has 1 aliphatic rings. The highest BCUT2D eigenvalue weighted by Gasteiger charge is 2.29. The third-order valence-electron chi connectivity index (χ3n) is 4.55. The molecule has 0 aliphatic heterocycles. The molecule has 0 aromatic carbocycles. The Morgan fingerprint density at radius 2 is 1.81 bits per heavy atom. The van der Waals surface area contributed by atoms with Crippen LogP contribution in [0.25, 0.3) is 0 Å². The van der Waals surface area contributed by atoms with Crippen LogP contribution in [0.5, 0.6) is 0 Å². The Labute approximate surface area is 102 Å². The lowest BCUT2D eigenvalue weighted by molar-refractivity contribution is 0.0831. The number of hydrogen-bond acceptors (Lipinski definition) is 2. The molecular weight excluding hydrogens is 196 g/mol. The largest absolute Gasteiger partial charge is 0.329 e. The third kappa shape index (κ3) is 3.46. The first-order valence-electron chi connectivity index (χ1n) is 7.11. The molecule has 0 radical (unpaired) electrons. The van der Waals surface area contributed by atoms with Gasteiger partial charge in [0.25, 0.3) is 0 Å². The van der Waals surface area contributed by atoms with Gasteiger partial charge >= 0.3 is 0 Å². The van der Waals surface area contributed by atoms with E-state index in [0.29, 0.717) is 0 Å². The second-order valence-electron chi connectivity index (χ2n) is 5.60. The summed E-state index contributed by atoms with van der Waals surface area (Å²) in [6.07, 6.45) is 8.34. The summed E-state index contributed by atoms with van der Waals surface area (Å²) in [6.45, 7) is 10.0. The Morgan fingerprint density at radius 3 is 2.25 bits per heavy atom. The third-order valence-corrected chi connectivity index (χ3v) is 4.55. The van der Waals surface area contributed by atoms with E-state index >= 15 is 0 Å². The van der Waals surface area contributed by atoms with Crippen molar-refractivity contribution in [3.63, 3.8) is 0 Å². The highest BCUT2D eigenvalue weighted by atomic mass is 15.2. The van der Waals surface area contributed by atoms with Crippen molar-refractivity contribution in [2.45, 2.75) is 64.8 Å². The molecule has 1 saturated carbocycles. The fourth-order valence-corrected chi connectivity index (χ4v) is 2.91. The zero-order valence-electron chi connectivity index (χ0n) is 11.5. The van der Waals surface area contributed by atoms with E-state index in [1.807, 2.05) is 0 Å². The summed E-state index contributed by atoms with van der Waals surface area (Å²) in [5.41, 5.74) is 6.17. The average molecular weight is 226 g/mol. The van der Waals surface area contributed by atoms with Crippen LogP contribution < -0.4 is 5.73 Å². The molecule has 0 saturated heterocycles. The van der Waals surface area contributed by atoms with Gasteiger partial charge in [-0.1, -0.05) is 33.1 Å². The van der Waals surface area contributed by atoms with Crippen LogP contribution in [-0.2, 0) is 0 Å². The monoisotopic (exact) mass is 226 g/mol. The van der Waals surface area contributed by atoms with E-state index in [2.05, 4.69) is 25.7 Å². The molecule has 2 N–H and O–H groups in total. The molecular formula is C14H30N2. The van der Waals surface area contributed by atoms with E-state index in [4.69, 9.17) is 5.73 Å². The van der Waals surface area contributed by atoms with Gasteiger partial charge in [-0.05, 0) is 38.6 Å². The quantitative estimate of drug-likeness (QED) is 0.754.